The lowest BCUT2D eigenvalue weighted by Crippen LogP contribution is -2.27. The van der Waals surface area contributed by atoms with Gasteiger partial charge < -0.3 is 19.0 Å². The van der Waals surface area contributed by atoms with Gasteiger partial charge in [-0.05, 0) is 55.8 Å². The van der Waals surface area contributed by atoms with Crippen molar-refractivity contribution in [2.75, 3.05) is 6.61 Å². The molecule has 1 amide bonds. The molecule has 0 bridgehead atoms. The first-order chi connectivity index (χ1) is 14.5. The summed E-state index contributed by atoms with van der Waals surface area (Å²) >= 11 is 0. The Labute approximate surface area is 173 Å². The van der Waals surface area contributed by atoms with Gasteiger partial charge in [0.15, 0.2) is 0 Å². The van der Waals surface area contributed by atoms with Crippen molar-refractivity contribution < 1.29 is 13.9 Å². The maximum Gasteiger partial charge on any atom is 0.337 e. The van der Waals surface area contributed by atoms with E-state index < -0.39 is 5.63 Å². The summed E-state index contributed by atoms with van der Waals surface area (Å²) in [4.78, 5) is 25.0. The molecule has 0 aliphatic rings. The van der Waals surface area contributed by atoms with E-state index >= 15 is 0 Å². The second kappa shape index (κ2) is 8.29. The fourth-order valence-electron chi connectivity index (χ4n) is 3.41. The number of ether oxygens (including phenoxy) is 1. The molecular weight excluding hydrogens is 380 g/mol. The molecule has 6 nitrogen and oxygen atoms in total. The van der Waals surface area contributed by atoms with Crippen LogP contribution in [0.2, 0.25) is 0 Å². The summed E-state index contributed by atoms with van der Waals surface area (Å²) in [7, 11) is 0. The molecule has 1 N–H and O–H groups in total. The van der Waals surface area contributed by atoms with Crippen molar-refractivity contribution in [3.63, 3.8) is 0 Å². The first kappa shape index (κ1) is 19.5. The van der Waals surface area contributed by atoms with Gasteiger partial charge in [-0.15, -0.1) is 0 Å². The van der Waals surface area contributed by atoms with Crippen LogP contribution in [0.3, 0.4) is 0 Å². The third kappa shape index (κ3) is 3.98. The van der Waals surface area contributed by atoms with Crippen LogP contribution in [0.15, 0.2) is 82.3 Å². The molecule has 152 valence electrons. The van der Waals surface area contributed by atoms with E-state index in [9.17, 15) is 9.59 Å². The first-order valence-corrected chi connectivity index (χ1v) is 9.80. The summed E-state index contributed by atoms with van der Waals surface area (Å²) < 4.78 is 12.7. The lowest BCUT2D eigenvalue weighted by atomic mass is 10.1. The lowest BCUT2D eigenvalue weighted by Gasteiger charge is -2.16. The monoisotopic (exact) mass is 402 g/mol. The molecule has 0 spiro atoms. The van der Waals surface area contributed by atoms with Crippen molar-refractivity contribution >= 4 is 16.9 Å². The average molecular weight is 402 g/mol. The van der Waals surface area contributed by atoms with Crippen molar-refractivity contribution in [2.24, 2.45) is 0 Å². The summed E-state index contributed by atoms with van der Waals surface area (Å²) in [5.74, 6) is 0.247. The van der Waals surface area contributed by atoms with E-state index in [2.05, 4.69) is 5.32 Å². The molecule has 2 aromatic heterocycles. The van der Waals surface area contributed by atoms with E-state index in [4.69, 9.17) is 9.15 Å². The molecule has 0 radical (unpaired) electrons. The Bertz CT molecular complexity index is 1240. The zero-order valence-corrected chi connectivity index (χ0v) is 16.8. The Morgan fingerprint density at radius 1 is 1.10 bits per heavy atom. The minimum absolute atomic E-state index is 0.252. The number of hydrogen-bond acceptors (Lipinski definition) is 4. The predicted molar refractivity (Wildman–Crippen MR) is 115 cm³/mol. The predicted octanol–water partition coefficient (Wildman–Crippen LogP) is 4.47. The first-order valence-electron chi connectivity index (χ1n) is 9.80. The number of rotatable bonds is 6. The van der Waals surface area contributed by atoms with Gasteiger partial charge in [0.1, 0.15) is 11.3 Å². The quantitative estimate of drug-likeness (QED) is 0.483. The number of benzene rings is 2. The number of aromatic nitrogens is 1. The standard InChI is InChI=1S/C24H22N2O4/c1-3-29-19-9-10-20-21(15-23(27)30-22(20)14-19)24(28)25-16(2)17-7-6-8-18(13-17)26-11-4-5-12-26/h4-16H,3H2,1-2H3,(H,25,28). The van der Waals surface area contributed by atoms with Gasteiger partial charge in [0.05, 0.1) is 18.2 Å². The third-order valence-electron chi connectivity index (χ3n) is 4.89. The van der Waals surface area contributed by atoms with Gasteiger partial charge in [-0.3, -0.25) is 4.79 Å². The van der Waals surface area contributed by atoms with Gasteiger partial charge in [-0.25, -0.2) is 4.79 Å². The molecule has 6 heteroatoms. The minimum Gasteiger partial charge on any atom is -0.494 e. The maximum atomic E-state index is 13.0. The second-order valence-corrected chi connectivity index (χ2v) is 6.95. The van der Waals surface area contributed by atoms with E-state index in [1.54, 1.807) is 18.2 Å². The third-order valence-corrected chi connectivity index (χ3v) is 4.89. The number of amides is 1. The second-order valence-electron chi connectivity index (χ2n) is 6.95. The van der Waals surface area contributed by atoms with Crippen LogP contribution in [-0.4, -0.2) is 17.1 Å². The average Bonchev–Trinajstić information content (AvgIpc) is 3.28. The van der Waals surface area contributed by atoms with E-state index in [-0.39, 0.29) is 17.5 Å². The number of nitrogens with one attached hydrogen (secondary N) is 1. The molecule has 4 rings (SSSR count). The van der Waals surface area contributed by atoms with Gasteiger partial charge in [-0.1, -0.05) is 12.1 Å². The zero-order chi connectivity index (χ0) is 21.1. The highest BCUT2D eigenvalue weighted by Crippen LogP contribution is 2.24. The Balaban J connectivity index is 1.61. The van der Waals surface area contributed by atoms with E-state index in [1.807, 2.05) is 67.2 Å². The Kier molecular flexibility index (Phi) is 5.39. The highest BCUT2D eigenvalue weighted by Gasteiger charge is 2.17. The largest absolute Gasteiger partial charge is 0.494 e. The molecule has 30 heavy (non-hydrogen) atoms. The van der Waals surface area contributed by atoms with Gasteiger partial charge in [0.25, 0.3) is 5.91 Å². The lowest BCUT2D eigenvalue weighted by molar-refractivity contribution is 0.0941. The molecule has 0 aliphatic heterocycles. The summed E-state index contributed by atoms with van der Waals surface area (Å²) in [5.41, 5.74) is 1.98. The normalized spacial score (nSPS) is 11.9. The smallest absolute Gasteiger partial charge is 0.337 e. The van der Waals surface area contributed by atoms with Crippen LogP contribution in [0.25, 0.3) is 16.7 Å². The number of carbonyl (C=O) groups excluding carboxylic acids is 1. The summed E-state index contributed by atoms with van der Waals surface area (Å²) in [6.07, 6.45) is 3.93. The van der Waals surface area contributed by atoms with E-state index in [1.165, 1.54) is 6.07 Å². The summed E-state index contributed by atoms with van der Waals surface area (Å²) in [6.45, 7) is 4.28. The zero-order valence-electron chi connectivity index (χ0n) is 16.8. The van der Waals surface area contributed by atoms with E-state index in [0.29, 0.717) is 23.3 Å². The molecule has 0 saturated carbocycles. The van der Waals surface area contributed by atoms with Crippen molar-refractivity contribution in [3.05, 3.63) is 94.6 Å². The van der Waals surface area contributed by atoms with Crippen LogP contribution in [0.5, 0.6) is 5.75 Å². The van der Waals surface area contributed by atoms with Crippen molar-refractivity contribution in [3.8, 4) is 11.4 Å². The van der Waals surface area contributed by atoms with Gasteiger partial charge >= 0.3 is 5.63 Å². The SMILES string of the molecule is CCOc1ccc2c(C(=O)NC(C)c3cccc(-n4cccc4)c3)cc(=O)oc2c1. The maximum absolute atomic E-state index is 13.0. The molecular formula is C24H22N2O4. The number of carbonyl (C=O) groups is 1. The van der Waals surface area contributed by atoms with Crippen LogP contribution in [-0.2, 0) is 0 Å². The Morgan fingerprint density at radius 2 is 1.90 bits per heavy atom. The van der Waals surface area contributed by atoms with Crippen LogP contribution in [0.1, 0.15) is 35.8 Å². The minimum atomic E-state index is -0.580. The fourth-order valence-corrected chi connectivity index (χ4v) is 3.41. The van der Waals surface area contributed by atoms with Crippen LogP contribution >= 0.6 is 0 Å². The fraction of sp³-hybridized carbons (Fsp3) is 0.167. The highest BCUT2D eigenvalue weighted by atomic mass is 16.5. The van der Waals surface area contributed by atoms with Crippen LogP contribution in [0.4, 0.5) is 0 Å². The Morgan fingerprint density at radius 3 is 2.67 bits per heavy atom. The molecule has 4 aromatic rings. The molecule has 1 unspecified atom stereocenters. The number of nitrogens with zero attached hydrogens (tertiary/aromatic N) is 1. The Hall–Kier alpha value is -3.80. The van der Waals surface area contributed by atoms with Crippen LogP contribution < -0.4 is 15.7 Å². The molecule has 2 aromatic carbocycles. The molecule has 0 aliphatic carbocycles. The van der Waals surface area contributed by atoms with Gasteiger partial charge in [0, 0.05) is 35.6 Å². The molecule has 0 fully saturated rings. The number of fused-ring (bicyclic) bond motifs is 1. The molecule has 2 heterocycles. The van der Waals surface area contributed by atoms with E-state index in [0.717, 1.165) is 11.3 Å². The van der Waals surface area contributed by atoms with Gasteiger partial charge in [0.2, 0.25) is 0 Å². The van der Waals surface area contributed by atoms with Crippen molar-refractivity contribution in [1.29, 1.82) is 0 Å². The molecule has 1 atom stereocenters. The van der Waals surface area contributed by atoms with Crippen LogP contribution in [0, 0.1) is 0 Å². The molecule has 0 saturated heterocycles. The number of hydrogen-bond donors (Lipinski definition) is 1. The highest BCUT2D eigenvalue weighted by molar-refractivity contribution is 6.05. The van der Waals surface area contributed by atoms with Gasteiger partial charge in [-0.2, -0.15) is 0 Å². The topological polar surface area (TPSA) is 73.5 Å². The van der Waals surface area contributed by atoms with Crippen molar-refractivity contribution in [1.82, 2.24) is 9.88 Å². The summed E-state index contributed by atoms with van der Waals surface area (Å²) in [5, 5.41) is 3.54. The van der Waals surface area contributed by atoms with Crippen molar-refractivity contribution in [2.45, 2.75) is 19.9 Å². The summed E-state index contributed by atoms with van der Waals surface area (Å²) in [6, 6.07) is 17.9.